The third-order valence-corrected chi connectivity index (χ3v) is 5.32. The molecule has 4 heteroatoms. The van der Waals surface area contributed by atoms with Crippen LogP contribution in [0.15, 0.2) is 47.9 Å². The van der Waals surface area contributed by atoms with E-state index in [-0.39, 0.29) is 0 Å². The first kappa shape index (κ1) is 15.6. The van der Waals surface area contributed by atoms with E-state index < -0.39 is 0 Å². The van der Waals surface area contributed by atoms with Gasteiger partial charge in [0, 0.05) is 36.4 Å². The number of nitrogens with zero attached hydrogens (tertiary/aromatic N) is 3. The molecule has 3 nitrogen and oxygen atoms in total. The van der Waals surface area contributed by atoms with E-state index >= 15 is 0 Å². The average molecular weight is 315 g/mol. The predicted octanol–water partition coefficient (Wildman–Crippen LogP) is 4.05. The van der Waals surface area contributed by atoms with E-state index in [1.54, 1.807) is 0 Å². The first-order valence-corrected chi connectivity index (χ1v) is 9.40. The molecule has 0 amide bonds. The van der Waals surface area contributed by atoms with Gasteiger partial charge in [-0.3, -0.25) is 4.90 Å². The Morgan fingerprint density at radius 2 is 2.09 bits per heavy atom. The number of thioether (sulfide) groups is 1. The van der Waals surface area contributed by atoms with Crippen molar-refractivity contribution in [2.45, 2.75) is 49.7 Å². The second kappa shape index (κ2) is 7.84. The average Bonchev–Trinajstić information content (AvgIpc) is 3.08. The number of imidazole rings is 1. The summed E-state index contributed by atoms with van der Waals surface area (Å²) in [5, 5.41) is 0. The lowest BCUT2D eigenvalue weighted by Gasteiger charge is -2.36. The Bertz CT molecular complexity index is 550. The highest BCUT2D eigenvalue weighted by molar-refractivity contribution is 7.98. The Hall–Kier alpha value is -1.26. The molecule has 1 aliphatic rings. The summed E-state index contributed by atoms with van der Waals surface area (Å²) in [5.41, 5.74) is 1.44. The van der Waals surface area contributed by atoms with Crippen LogP contribution in [0.2, 0.25) is 0 Å². The van der Waals surface area contributed by atoms with Crippen molar-refractivity contribution >= 4 is 11.8 Å². The maximum absolute atomic E-state index is 4.14. The van der Waals surface area contributed by atoms with Gasteiger partial charge in [0.25, 0.3) is 0 Å². The van der Waals surface area contributed by atoms with Crippen molar-refractivity contribution in [3.05, 3.63) is 48.5 Å². The van der Waals surface area contributed by atoms with Crippen molar-refractivity contribution in [3.63, 3.8) is 0 Å². The second-order valence-corrected chi connectivity index (χ2v) is 6.94. The van der Waals surface area contributed by atoms with Gasteiger partial charge in [0.2, 0.25) is 0 Å². The summed E-state index contributed by atoms with van der Waals surface area (Å²) >= 11 is 1.81. The van der Waals surface area contributed by atoms with E-state index in [0.29, 0.717) is 6.04 Å². The molecule has 0 N–H and O–H groups in total. The van der Waals surface area contributed by atoms with Crippen LogP contribution in [0.4, 0.5) is 0 Å². The van der Waals surface area contributed by atoms with Crippen LogP contribution in [0.3, 0.4) is 0 Å². The fourth-order valence-electron chi connectivity index (χ4n) is 3.28. The number of hydrogen-bond acceptors (Lipinski definition) is 3. The molecule has 22 heavy (non-hydrogen) atoms. The Kier molecular flexibility index (Phi) is 5.57. The Balaban J connectivity index is 1.58. The number of hydrogen-bond donors (Lipinski definition) is 0. The van der Waals surface area contributed by atoms with E-state index in [4.69, 9.17) is 0 Å². The summed E-state index contributed by atoms with van der Waals surface area (Å²) < 4.78 is 2.19. The number of piperidine rings is 1. The minimum absolute atomic E-state index is 0.705. The van der Waals surface area contributed by atoms with Gasteiger partial charge in [-0.1, -0.05) is 18.6 Å². The molecule has 118 valence electrons. The van der Waals surface area contributed by atoms with Crippen LogP contribution >= 0.6 is 11.8 Å². The van der Waals surface area contributed by atoms with Gasteiger partial charge in [0.15, 0.2) is 0 Å². The van der Waals surface area contributed by atoms with Crippen LogP contribution in [-0.4, -0.2) is 33.3 Å². The number of rotatable bonds is 6. The fraction of sp³-hybridized carbons (Fsp3) is 0.500. The molecule has 2 aromatic rings. The SMILES string of the molecule is CSc1ccc(CN2CCCCC2CCn2ccnc2)cc1. The molecular formula is C18H25N3S. The Labute approximate surface area is 137 Å². The molecule has 1 aliphatic heterocycles. The number of aryl methyl sites for hydroxylation is 1. The molecule has 0 radical (unpaired) electrons. The van der Waals surface area contributed by atoms with Gasteiger partial charge in [-0.2, -0.15) is 0 Å². The van der Waals surface area contributed by atoms with Gasteiger partial charge in [0.05, 0.1) is 6.33 Å². The van der Waals surface area contributed by atoms with Crippen molar-refractivity contribution in [2.75, 3.05) is 12.8 Å². The standard InChI is InChI=1S/C18H25N3S/c1-22-18-7-5-16(6-8-18)14-21-11-3-2-4-17(21)9-12-20-13-10-19-15-20/h5-8,10,13,15,17H,2-4,9,11-12,14H2,1H3. The third-order valence-electron chi connectivity index (χ3n) is 4.57. The fourth-order valence-corrected chi connectivity index (χ4v) is 3.69. The van der Waals surface area contributed by atoms with Gasteiger partial charge >= 0.3 is 0 Å². The lowest BCUT2D eigenvalue weighted by Crippen LogP contribution is -2.39. The zero-order valence-corrected chi connectivity index (χ0v) is 14.1. The smallest absolute Gasteiger partial charge is 0.0945 e. The summed E-state index contributed by atoms with van der Waals surface area (Å²) in [6.45, 7) is 3.40. The van der Waals surface area contributed by atoms with Crippen molar-refractivity contribution in [1.29, 1.82) is 0 Å². The molecule has 0 aliphatic carbocycles. The summed E-state index contributed by atoms with van der Waals surface area (Å²) in [5.74, 6) is 0. The van der Waals surface area contributed by atoms with Crippen molar-refractivity contribution in [2.24, 2.45) is 0 Å². The molecular weight excluding hydrogens is 290 g/mol. The maximum atomic E-state index is 4.14. The van der Waals surface area contributed by atoms with Crippen molar-refractivity contribution in [3.8, 4) is 0 Å². The van der Waals surface area contributed by atoms with Crippen molar-refractivity contribution < 1.29 is 0 Å². The van der Waals surface area contributed by atoms with Gasteiger partial charge in [-0.25, -0.2) is 4.98 Å². The zero-order valence-electron chi connectivity index (χ0n) is 13.3. The lowest BCUT2D eigenvalue weighted by molar-refractivity contribution is 0.128. The summed E-state index contributed by atoms with van der Waals surface area (Å²) in [6.07, 6.45) is 13.2. The van der Waals surface area contributed by atoms with Crippen LogP contribution in [-0.2, 0) is 13.1 Å². The molecule has 1 unspecified atom stereocenters. The molecule has 0 saturated carbocycles. The van der Waals surface area contributed by atoms with Crippen molar-refractivity contribution in [1.82, 2.24) is 14.5 Å². The zero-order chi connectivity index (χ0) is 15.2. The molecule has 0 spiro atoms. The molecule has 1 aromatic carbocycles. The number of likely N-dealkylation sites (tertiary alicyclic amines) is 1. The quantitative estimate of drug-likeness (QED) is 0.750. The monoisotopic (exact) mass is 315 g/mol. The van der Waals surface area contributed by atoms with E-state index in [1.165, 1.54) is 42.7 Å². The highest BCUT2D eigenvalue weighted by atomic mass is 32.2. The summed E-state index contributed by atoms with van der Waals surface area (Å²) in [4.78, 5) is 8.16. The second-order valence-electron chi connectivity index (χ2n) is 6.06. The minimum atomic E-state index is 0.705. The minimum Gasteiger partial charge on any atom is -0.337 e. The largest absolute Gasteiger partial charge is 0.337 e. The topological polar surface area (TPSA) is 21.1 Å². The molecule has 1 atom stereocenters. The number of aromatic nitrogens is 2. The van der Waals surface area contributed by atoms with Crippen LogP contribution in [0.1, 0.15) is 31.2 Å². The van der Waals surface area contributed by atoms with E-state index in [9.17, 15) is 0 Å². The lowest BCUT2D eigenvalue weighted by atomic mass is 9.98. The normalized spacial score (nSPS) is 19.4. The van der Waals surface area contributed by atoms with Gasteiger partial charge in [-0.15, -0.1) is 11.8 Å². The highest BCUT2D eigenvalue weighted by Gasteiger charge is 2.22. The van der Waals surface area contributed by atoms with E-state index in [1.807, 2.05) is 24.3 Å². The van der Waals surface area contributed by atoms with E-state index in [2.05, 4.69) is 51.2 Å². The summed E-state index contributed by atoms with van der Waals surface area (Å²) in [6, 6.07) is 9.76. The Morgan fingerprint density at radius 1 is 1.23 bits per heavy atom. The van der Waals surface area contributed by atoms with E-state index in [0.717, 1.165) is 13.1 Å². The molecule has 3 rings (SSSR count). The highest BCUT2D eigenvalue weighted by Crippen LogP contribution is 2.23. The van der Waals surface area contributed by atoms with Crippen LogP contribution in [0, 0.1) is 0 Å². The predicted molar refractivity (Wildman–Crippen MR) is 93.1 cm³/mol. The molecule has 0 bridgehead atoms. The van der Waals surface area contributed by atoms with Gasteiger partial charge in [-0.05, 0) is 49.8 Å². The Morgan fingerprint density at radius 3 is 2.82 bits per heavy atom. The van der Waals surface area contributed by atoms with Crippen LogP contribution in [0.25, 0.3) is 0 Å². The maximum Gasteiger partial charge on any atom is 0.0945 e. The molecule has 1 fully saturated rings. The third kappa shape index (κ3) is 4.14. The van der Waals surface area contributed by atoms with Crippen LogP contribution in [0.5, 0.6) is 0 Å². The summed E-state index contributed by atoms with van der Waals surface area (Å²) in [7, 11) is 0. The molecule has 2 heterocycles. The number of benzene rings is 1. The van der Waals surface area contributed by atoms with Gasteiger partial charge < -0.3 is 4.57 Å². The molecule has 1 aromatic heterocycles. The van der Waals surface area contributed by atoms with Gasteiger partial charge in [0.1, 0.15) is 0 Å². The van der Waals surface area contributed by atoms with Crippen LogP contribution < -0.4 is 0 Å². The molecule has 1 saturated heterocycles. The first-order valence-electron chi connectivity index (χ1n) is 8.18. The first-order chi connectivity index (χ1) is 10.8.